The van der Waals surface area contributed by atoms with Crippen LogP contribution in [0.4, 0.5) is 0 Å². The fraction of sp³-hybridized carbons (Fsp3) is 0.333. The van der Waals surface area contributed by atoms with E-state index in [4.69, 9.17) is 19.2 Å². The average Bonchev–Trinajstić information content (AvgIpc) is 3.29. The molecule has 8 nitrogen and oxygen atoms in total. The molecule has 1 amide bonds. The highest BCUT2D eigenvalue weighted by atomic mass is 16.5. The van der Waals surface area contributed by atoms with Gasteiger partial charge < -0.3 is 24.5 Å². The van der Waals surface area contributed by atoms with Crippen molar-refractivity contribution in [3.05, 3.63) is 54.2 Å². The smallest absolute Gasteiger partial charge is 0.269 e. The molecule has 182 valence electrons. The molecule has 0 unspecified atom stereocenters. The fourth-order valence-corrected chi connectivity index (χ4v) is 4.57. The second-order valence-corrected chi connectivity index (χ2v) is 8.58. The summed E-state index contributed by atoms with van der Waals surface area (Å²) in [4.78, 5) is 23.8. The number of benzene rings is 2. The van der Waals surface area contributed by atoms with Gasteiger partial charge in [-0.2, -0.15) is 0 Å². The highest BCUT2D eigenvalue weighted by Crippen LogP contribution is 2.38. The van der Waals surface area contributed by atoms with Crippen LogP contribution >= 0.6 is 0 Å². The second-order valence-electron chi connectivity index (χ2n) is 8.58. The Balaban J connectivity index is 1.48. The van der Waals surface area contributed by atoms with Crippen LogP contribution in [0.1, 0.15) is 16.9 Å². The van der Waals surface area contributed by atoms with Gasteiger partial charge in [-0.1, -0.05) is 18.2 Å². The highest BCUT2D eigenvalue weighted by molar-refractivity contribution is 6.13. The summed E-state index contributed by atoms with van der Waals surface area (Å²) < 4.78 is 16.4. The molecular weight excluding hydrogens is 444 g/mol. The zero-order valence-corrected chi connectivity index (χ0v) is 20.1. The molecule has 1 aliphatic rings. The topological polar surface area (TPSA) is 88.7 Å². The van der Waals surface area contributed by atoms with E-state index in [1.165, 1.54) is 0 Å². The number of aromatic amines is 1. The number of rotatable bonds is 8. The summed E-state index contributed by atoms with van der Waals surface area (Å²) in [7, 11) is 3.23. The van der Waals surface area contributed by atoms with Crippen LogP contribution in [0.2, 0.25) is 0 Å². The number of nitrogens with zero attached hydrogens (tertiary/aromatic N) is 2. The van der Waals surface area contributed by atoms with E-state index in [9.17, 15) is 4.79 Å². The van der Waals surface area contributed by atoms with Crippen LogP contribution in [0.3, 0.4) is 0 Å². The number of ether oxygens (including phenoxy) is 3. The molecule has 5 rings (SSSR count). The van der Waals surface area contributed by atoms with E-state index in [1.54, 1.807) is 14.2 Å². The Kier molecular flexibility index (Phi) is 6.83. The number of methoxy groups -OCH3 is 2. The molecule has 8 heteroatoms. The minimum Gasteiger partial charge on any atom is -0.497 e. The number of aromatic nitrogens is 2. The third kappa shape index (κ3) is 4.80. The molecule has 0 radical (unpaired) electrons. The number of nitrogens with one attached hydrogen (secondary N) is 2. The number of hydrogen-bond acceptors (Lipinski definition) is 6. The van der Waals surface area contributed by atoms with Crippen LogP contribution in [0.25, 0.3) is 33.1 Å². The molecule has 0 atom stereocenters. The SMILES string of the molecule is COc1ccc(-c2nc(C(=O)NCCCN3CCOCC3)cc3c2[nH]c2ccccc23)c(OC)c1. The van der Waals surface area contributed by atoms with Crippen molar-refractivity contribution >= 4 is 27.7 Å². The summed E-state index contributed by atoms with van der Waals surface area (Å²) in [5.41, 5.74) is 3.67. The largest absolute Gasteiger partial charge is 0.497 e. The molecule has 2 N–H and O–H groups in total. The van der Waals surface area contributed by atoms with Gasteiger partial charge in [0.05, 0.1) is 38.6 Å². The molecule has 0 spiro atoms. The molecule has 0 aliphatic carbocycles. The van der Waals surface area contributed by atoms with Gasteiger partial charge in [0, 0.05) is 47.6 Å². The van der Waals surface area contributed by atoms with Crippen LogP contribution in [0.15, 0.2) is 48.5 Å². The average molecular weight is 475 g/mol. The number of pyridine rings is 1. The highest BCUT2D eigenvalue weighted by Gasteiger charge is 2.20. The lowest BCUT2D eigenvalue weighted by Crippen LogP contribution is -2.38. The Labute approximate surface area is 204 Å². The van der Waals surface area contributed by atoms with Gasteiger partial charge in [-0.15, -0.1) is 0 Å². The standard InChI is InChI=1S/C27H30N4O4/c1-33-18-8-9-20(24(16-18)34-2)25-26-21(19-6-3-4-7-22(19)29-26)17-23(30-25)27(32)28-10-5-11-31-12-14-35-15-13-31/h3-4,6-9,16-17,29H,5,10-15H2,1-2H3,(H,28,32). The molecule has 1 aliphatic heterocycles. The van der Waals surface area contributed by atoms with Gasteiger partial charge >= 0.3 is 0 Å². The molecular formula is C27H30N4O4. The molecule has 3 heterocycles. The van der Waals surface area contributed by atoms with Gasteiger partial charge in [0.25, 0.3) is 5.91 Å². The number of morpholine rings is 1. The first-order chi connectivity index (χ1) is 17.2. The number of fused-ring (bicyclic) bond motifs is 3. The first kappa shape index (κ1) is 23.1. The summed E-state index contributed by atoms with van der Waals surface area (Å²) >= 11 is 0. The molecule has 1 saturated heterocycles. The first-order valence-corrected chi connectivity index (χ1v) is 11.9. The van der Waals surface area contributed by atoms with E-state index < -0.39 is 0 Å². The number of H-pyrrole nitrogens is 1. The van der Waals surface area contributed by atoms with Crippen molar-refractivity contribution < 1.29 is 19.0 Å². The molecule has 35 heavy (non-hydrogen) atoms. The van der Waals surface area contributed by atoms with Crippen molar-refractivity contribution in [1.29, 1.82) is 0 Å². The van der Waals surface area contributed by atoms with E-state index in [-0.39, 0.29) is 5.91 Å². The van der Waals surface area contributed by atoms with E-state index >= 15 is 0 Å². The zero-order chi connectivity index (χ0) is 24.2. The van der Waals surface area contributed by atoms with E-state index in [1.807, 2.05) is 48.5 Å². The normalized spacial score (nSPS) is 14.3. The van der Waals surface area contributed by atoms with Gasteiger partial charge in [-0.3, -0.25) is 9.69 Å². The van der Waals surface area contributed by atoms with Crippen molar-refractivity contribution in [1.82, 2.24) is 20.2 Å². The molecule has 0 saturated carbocycles. The van der Waals surface area contributed by atoms with Crippen molar-refractivity contribution in [3.8, 4) is 22.8 Å². The quantitative estimate of drug-likeness (QED) is 0.377. The minimum absolute atomic E-state index is 0.187. The van der Waals surface area contributed by atoms with Gasteiger partial charge in [0.15, 0.2) is 0 Å². The maximum atomic E-state index is 13.2. The molecule has 2 aromatic heterocycles. The van der Waals surface area contributed by atoms with E-state index in [0.29, 0.717) is 29.4 Å². The third-order valence-electron chi connectivity index (χ3n) is 6.43. The minimum atomic E-state index is -0.187. The van der Waals surface area contributed by atoms with Gasteiger partial charge in [0.1, 0.15) is 17.2 Å². The Morgan fingerprint density at radius 3 is 2.71 bits per heavy atom. The van der Waals surface area contributed by atoms with Crippen molar-refractivity contribution in [2.45, 2.75) is 6.42 Å². The molecule has 1 fully saturated rings. The lowest BCUT2D eigenvalue weighted by atomic mass is 10.0. The summed E-state index contributed by atoms with van der Waals surface area (Å²) in [5, 5.41) is 5.04. The lowest BCUT2D eigenvalue weighted by molar-refractivity contribution is 0.0374. The number of carbonyl (C=O) groups is 1. The Bertz CT molecular complexity index is 1340. The fourth-order valence-electron chi connectivity index (χ4n) is 4.57. The van der Waals surface area contributed by atoms with Crippen LogP contribution in [-0.4, -0.2) is 74.4 Å². The molecule has 2 aromatic carbocycles. The van der Waals surface area contributed by atoms with Crippen LogP contribution < -0.4 is 14.8 Å². The number of amides is 1. The van der Waals surface area contributed by atoms with Crippen LogP contribution in [-0.2, 0) is 4.74 Å². The second kappa shape index (κ2) is 10.3. The van der Waals surface area contributed by atoms with E-state index in [2.05, 4.69) is 15.2 Å². The van der Waals surface area contributed by atoms with Crippen molar-refractivity contribution in [3.63, 3.8) is 0 Å². The van der Waals surface area contributed by atoms with Crippen LogP contribution in [0.5, 0.6) is 11.5 Å². The lowest BCUT2D eigenvalue weighted by Gasteiger charge is -2.26. The van der Waals surface area contributed by atoms with Gasteiger partial charge in [-0.05, 0) is 37.2 Å². The number of para-hydroxylation sites is 1. The van der Waals surface area contributed by atoms with E-state index in [0.717, 1.165) is 66.6 Å². The van der Waals surface area contributed by atoms with Gasteiger partial charge in [0.2, 0.25) is 0 Å². The Hall–Kier alpha value is -3.62. The van der Waals surface area contributed by atoms with Crippen LogP contribution in [0, 0.1) is 0 Å². The van der Waals surface area contributed by atoms with Crippen molar-refractivity contribution in [2.24, 2.45) is 0 Å². The maximum Gasteiger partial charge on any atom is 0.269 e. The van der Waals surface area contributed by atoms with Crippen molar-refractivity contribution in [2.75, 3.05) is 53.6 Å². The summed E-state index contributed by atoms with van der Waals surface area (Å²) in [6.45, 7) is 4.97. The summed E-state index contributed by atoms with van der Waals surface area (Å²) in [6, 6.07) is 15.5. The molecule has 4 aromatic rings. The first-order valence-electron chi connectivity index (χ1n) is 11.9. The summed E-state index contributed by atoms with van der Waals surface area (Å²) in [6.07, 6.45) is 0.875. The number of hydrogen-bond donors (Lipinski definition) is 2. The predicted octanol–water partition coefficient (Wildman–Crippen LogP) is 3.85. The molecule has 0 bridgehead atoms. The summed E-state index contributed by atoms with van der Waals surface area (Å²) in [5.74, 6) is 1.13. The monoisotopic (exact) mass is 474 g/mol. The third-order valence-corrected chi connectivity index (χ3v) is 6.43. The maximum absolute atomic E-state index is 13.2. The zero-order valence-electron chi connectivity index (χ0n) is 20.1. The van der Waals surface area contributed by atoms with Gasteiger partial charge in [-0.25, -0.2) is 4.98 Å². The number of carbonyl (C=O) groups excluding carboxylic acids is 1. The Morgan fingerprint density at radius 1 is 1.09 bits per heavy atom. The predicted molar refractivity (Wildman–Crippen MR) is 136 cm³/mol. The Morgan fingerprint density at radius 2 is 1.91 bits per heavy atom.